The van der Waals surface area contributed by atoms with Crippen LogP contribution in [-0.4, -0.2) is 0 Å². The summed E-state index contributed by atoms with van der Waals surface area (Å²) in [5.74, 6) is 0. The van der Waals surface area contributed by atoms with Crippen molar-refractivity contribution in [2.45, 2.75) is 0 Å². The quantitative estimate of drug-likeness (QED) is 0.547. The zero-order chi connectivity index (χ0) is 3.58. The van der Waals surface area contributed by atoms with E-state index in [0.29, 0.717) is 0 Å². The number of halogens is 1. The Labute approximate surface area is 37.6 Å². The van der Waals surface area contributed by atoms with Gasteiger partial charge in [-0.15, -0.1) is 0 Å². The molecule has 0 saturated heterocycles. The first kappa shape index (κ1) is 5.06. The molecule has 0 rings (SSSR count). The van der Waals surface area contributed by atoms with E-state index in [1.807, 2.05) is 0 Å². The van der Waals surface area contributed by atoms with Gasteiger partial charge in [-0.1, -0.05) is 0 Å². The van der Waals surface area contributed by atoms with Gasteiger partial charge in [-0.3, -0.25) is 0 Å². The predicted octanol–water partition coefficient (Wildman–Crippen LogP) is -0.338. The molecule has 0 aliphatic carbocycles. The summed E-state index contributed by atoms with van der Waals surface area (Å²) < 4.78 is 9.84. The monoisotopic (exact) mass is 217 g/mol. The van der Waals surface area contributed by atoms with Crippen LogP contribution in [-0.2, 0) is 15.2 Å². The second-order valence-corrected chi connectivity index (χ2v) is 4.87. The molecule has 0 aliphatic heterocycles. The SMILES string of the molecule is [NH2][Pd]([NH2])[Br]. The van der Waals surface area contributed by atoms with E-state index in [4.69, 9.17) is 8.73 Å². The van der Waals surface area contributed by atoms with E-state index < -0.39 is 15.2 Å². The van der Waals surface area contributed by atoms with Crippen molar-refractivity contribution in [2.75, 3.05) is 0 Å². The topological polar surface area (TPSA) is 52.0 Å². The van der Waals surface area contributed by atoms with Gasteiger partial charge in [0.15, 0.2) is 0 Å². The van der Waals surface area contributed by atoms with Gasteiger partial charge in [0.25, 0.3) is 0 Å². The molecule has 31 valence electrons. The Hall–Kier alpha value is 1.06. The van der Waals surface area contributed by atoms with E-state index >= 15 is 0 Å². The normalized spacial score (nSPS) is 11.2. The van der Waals surface area contributed by atoms with Crippen LogP contribution in [0.5, 0.6) is 0 Å². The molecule has 0 aliphatic rings. The van der Waals surface area contributed by atoms with E-state index in [1.54, 1.807) is 0 Å². The van der Waals surface area contributed by atoms with Crippen LogP contribution in [0.4, 0.5) is 0 Å². The molecule has 0 spiro atoms. The van der Waals surface area contributed by atoms with Crippen LogP contribution in [0.1, 0.15) is 0 Å². The predicted molar refractivity (Wildman–Crippen MR) is 17.3 cm³/mol. The van der Waals surface area contributed by atoms with Gasteiger partial charge in [0.2, 0.25) is 0 Å². The summed E-state index contributed by atoms with van der Waals surface area (Å²) in [4.78, 5) is 0. The fraction of sp³-hybridized carbons (Fsp3) is 0. The third kappa shape index (κ3) is 11.5. The summed E-state index contributed by atoms with van der Waals surface area (Å²) in [6, 6.07) is 0. The second kappa shape index (κ2) is 2.31. The van der Waals surface area contributed by atoms with E-state index in [1.165, 1.54) is 0 Å². The van der Waals surface area contributed by atoms with Gasteiger partial charge in [0.05, 0.1) is 0 Å². The van der Waals surface area contributed by atoms with E-state index in [2.05, 4.69) is 13.4 Å². The summed E-state index contributed by atoms with van der Waals surface area (Å²) in [5.41, 5.74) is 0. The van der Waals surface area contributed by atoms with Crippen molar-refractivity contribution >= 4 is 13.4 Å². The van der Waals surface area contributed by atoms with Crippen molar-refractivity contribution in [1.82, 2.24) is 0 Å². The van der Waals surface area contributed by atoms with Gasteiger partial charge in [-0.2, -0.15) is 0 Å². The van der Waals surface area contributed by atoms with Crippen molar-refractivity contribution in [1.29, 1.82) is 0 Å². The fourth-order valence-electron chi connectivity index (χ4n) is 0. The molecule has 0 atom stereocenters. The number of hydrogen-bond acceptors (Lipinski definition) is 2. The molecule has 4 heavy (non-hydrogen) atoms. The Balaban J connectivity index is 2.32. The van der Waals surface area contributed by atoms with Crippen LogP contribution in [0.25, 0.3) is 0 Å². The second-order valence-electron chi connectivity index (χ2n) is 0.243. The average molecular weight is 218 g/mol. The standard InChI is InChI=1S/BrH.2H2N.Pd/h1H;2*1H2;/q;2*-1;+3/p-1. The zero-order valence-corrected chi connectivity index (χ0v) is 4.99. The van der Waals surface area contributed by atoms with Gasteiger partial charge in [0.1, 0.15) is 0 Å². The molecule has 4 heteroatoms. The Kier molecular flexibility index (Phi) is 2.92. The van der Waals surface area contributed by atoms with Crippen molar-refractivity contribution in [2.24, 2.45) is 8.73 Å². The Morgan fingerprint density at radius 3 is 1.50 bits per heavy atom. The molecule has 2 nitrogen and oxygen atoms in total. The molecule has 0 saturated carbocycles. The van der Waals surface area contributed by atoms with Crippen LogP contribution >= 0.6 is 13.4 Å². The van der Waals surface area contributed by atoms with Crippen LogP contribution in [0, 0.1) is 0 Å². The third-order valence-corrected chi connectivity index (χ3v) is 0. The zero-order valence-electron chi connectivity index (χ0n) is 1.85. The molecule has 0 bridgehead atoms. The van der Waals surface area contributed by atoms with Crippen molar-refractivity contribution in [3.8, 4) is 0 Å². The summed E-state index contributed by atoms with van der Waals surface area (Å²) >= 11 is 1.77. The van der Waals surface area contributed by atoms with Crippen LogP contribution in [0.2, 0.25) is 0 Å². The van der Waals surface area contributed by atoms with E-state index in [9.17, 15) is 0 Å². The Morgan fingerprint density at radius 2 is 1.50 bits per heavy atom. The van der Waals surface area contributed by atoms with Crippen LogP contribution < -0.4 is 8.73 Å². The molecule has 0 radical (unpaired) electrons. The fourth-order valence-corrected chi connectivity index (χ4v) is 0. The Morgan fingerprint density at radius 1 is 1.50 bits per heavy atom. The molecular formula is H4BrN2Pd. The third-order valence-electron chi connectivity index (χ3n) is 0. The van der Waals surface area contributed by atoms with E-state index in [-0.39, 0.29) is 0 Å². The average Bonchev–Trinajstić information content (AvgIpc) is 0.811. The number of nitrogens with two attached hydrogens (primary N) is 2. The number of hydrogen-bond donors (Lipinski definition) is 2. The first-order valence-corrected chi connectivity index (χ1v) is 5.83. The summed E-state index contributed by atoms with van der Waals surface area (Å²) in [5, 5.41) is 0. The van der Waals surface area contributed by atoms with Crippen molar-refractivity contribution in [3.63, 3.8) is 0 Å². The van der Waals surface area contributed by atoms with Gasteiger partial charge >= 0.3 is 37.4 Å². The molecular weight excluding hydrogens is 214 g/mol. The molecule has 0 aromatic rings. The van der Waals surface area contributed by atoms with Gasteiger partial charge < -0.3 is 0 Å². The molecule has 0 aromatic heterocycles. The van der Waals surface area contributed by atoms with Crippen molar-refractivity contribution in [3.05, 3.63) is 0 Å². The van der Waals surface area contributed by atoms with Gasteiger partial charge in [-0.05, 0) is 0 Å². The molecule has 4 N–H and O–H groups in total. The summed E-state index contributed by atoms with van der Waals surface area (Å²) in [6.07, 6.45) is 0. The Bertz CT molecular complexity index is 10.8. The van der Waals surface area contributed by atoms with Crippen LogP contribution in [0.15, 0.2) is 0 Å². The van der Waals surface area contributed by atoms with Gasteiger partial charge in [0, 0.05) is 0 Å². The summed E-state index contributed by atoms with van der Waals surface area (Å²) in [7, 11) is 0. The molecule has 0 heterocycles. The summed E-state index contributed by atoms with van der Waals surface area (Å²) in [6.45, 7) is 0. The van der Waals surface area contributed by atoms with Gasteiger partial charge in [-0.25, -0.2) is 0 Å². The van der Waals surface area contributed by atoms with Crippen molar-refractivity contribution < 1.29 is 15.2 Å². The minimum absolute atomic E-state index is 1.17. The maximum absolute atomic E-state index is 4.92. The molecule has 0 amide bonds. The first-order chi connectivity index (χ1) is 1.73. The number of rotatable bonds is 0. The van der Waals surface area contributed by atoms with Crippen LogP contribution in [0.3, 0.4) is 0 Å². The maximum atomic E-state index is 4.92. The van der Waals surface area contributed by atoms with E-state index in [0.717, 1.165) is 0 Å². The molecule has 0 unspecified atom stereocenters. The molecule has 0 fully saturated rings. The first-order valence-electron chi connectivity index (χ1n) is 0.485. The molecule has 0 aromatic carbocycles. The minimum atomic E-state index is -1.17.